The minimum absolute atomic E-state index is 0.0839. The molecule has 46 heavy (non-hydrogen) atoms. The summed E-state index contributed by atoms with van der Waals surface area (Å²) in [5, 5.41) is 2.91. The molecule has 0 radical (unpaired) electrons. The Hall–Kier alpha value is -4.05. The summed E-state index contributed by atoms with van der Waals surface area (Å²) in [4.78, 5) is 32.8. The number of amides is 2. The van der Waals surface area contributed by atoms with Gasteiger partial charge in [0, 0.05) is 77.6 Å². The number of nitrogens with one attached hydrogen (secondary N) is 1. The molecule has 1 fully saturated rings. The summed E-state index contributed by atoms with van der Waals surface area (Å²) in [6.45, 7) is 4.18. The molecular weight excluding hydrogens is 578 g/mol. The van der Waals surface area contributed by atoms with Crippen LogP contribution in [0.25, 0.3) is 22.2 Å². The maximum Gasteiger partial charge on any atom is 0.251 e. The Bertz CT molecular complexity index is 1570. The van der Waals surface area contributed by atoms with Crippen molar-refractivity contribution in [2.24, 2.45) is 5.73 Å². The van der Waals surface area contributed by atoms with Gasteiger partial charge in [0.15, 0.2) is 0 Å². The number of hydrogen-bond acceptors (Lipinski definition) is 6. The summed E-state index contributed by atoms with van der Waals surface area (Å²) < 4.78 is 12.6. The molecule has 1 aliphatic rings. The molecule has 2 unspecified atom stereocenters. The van der Waals surface area contributed by atoms with Crippen molar-refractivity contribution < 1.29 is 19.1 Å². The van der Waals surface area contributed by atoms with E-state index >= 15 is 0 Å². The summed E-state index contributed by atoms with van der Waals surface area (Å²) in [7, 11) is 3.38. The summed E-state index contributed by atoms with van der Waals surface area (Å²) >= 11 is 0. The number of ether oxygens (including phenoxy) is 2. The lowest BCUT2D eigenvalue weighted by Crippen LogP contribution is -2.42. The number of nitrogens with two attached hydrogens (primary N) is 1. The molecule has 2 heterocycles. The highest BCUT2D eigenvalue weighted by atomic mass is 16.5. The van der Waals surface area contributed by atoms with E-state index in [2.05, 4.69) is 52.3 Å². The average molecular weight is 626 g/mol. The minimum Gasteiger partial charge on any atom is -0.385 e. The molecule has 1 aliphatic heterocycles. The number of carbonyl (C=O) groups excluding carboxylic acids is 2. The first-order valence-electron chi connectivity index (χ1n) is 16.4. The minimum atomic E-state index is -0.265. The van der Waals surface area contributed by atoms with E-state index in [9.17, 15) is 9.59 Å². The first kappa shape index (κ1) is 33.3. The number of imidazole rings is 1. The molecule has 1 saturated heterocycles. The number of likely N-dealkylation sites (tertiary alicyclic amines) is 1. The third-order valence-corrected chi connectivity index (χ3v) is 8.73. The fourth-order valence-corrected chi connectivity index (χ4v) is 6.32. The Kier molecular flexibility index (Phi) is 11.9. The van der Waals surface area contributed by atoms with Gasteiger partial charge in [-0.15, -0.1) is 0 Å². The van der Waals surface area contributed by atoms with E-state index in [0.717, 1.165) is 72.3 Å². The van der Waals surface area contributed by atoms with Crippen LogP contribution >= 0.6 is 0 Å². The predicted octanol–water partition coefficient (Wildman–Crippen LogP) is 5.17. The van der Waals surface area contributed by atoms with Gasteiger partial charge in [-0.2, -0.15) is 0 Å². The maximum absolute atomic E-state index is 13.4. The van der Waals surface area contributed by atoms with Gasteiger partial charge in [-0.3, -0.25) is 9.59 Å². The van der Waals surface area contributed by atoms with Gasteiger partial charge in [0.05, 0.1) is 11.0 Å². The lowest BCUT2D eigenvalue weighted by Gasteiger charge is -2.33. The van der Waals surface area contributed by atoms with Crippen molar-refractivity contribution >= 4 is 22.8 Å². The highest BCUT2D eigenvalue weighted by Crippen LogP contribution is 2.30. The SMILES string of the molecule is COCCCNC(=O)c1ccc(-c2ccc(CC(N)CC(=O)N3CCCC(c4nc5ccccc5n4CCCOC)C3)cc2)cc1. The Morgan fingerprint density at radius 1 is 0.957 bits per heavy atom. The lowest BCUT2D eigenvalue weighted by atomic mass is 9.95. The molecule has 0 bridgehead atoms. The third kappa shape index (κ3) is 8.60. The van der Waals surface area contributed by atoms with Gasteiger partial charge in [-0.25, -0.2) is 4.98 Å². The fraction of sp³-hybridized carbons (Fsp3) is 0.432. The van der Waals surface area contributed by atoms with E-state index in [0.29, 0.717) is 44.7 Å². The molecule has 5 rings (SSSR count). The molecule has 0 aliphatic carbocycles. The normalized spacial score (nSPS) is 15.6. The summed E-state index contributed by atoms with van der Waals surface area (Å²) in [5.74, 6) is 1.29. The predicted molar refractivity (Wildman–Crippen MR) is 182 cm³/mol. The zero-order chi connectivity index (χ0) is 32.3. The average Bonchev–Trinajstić information content (AvgIpc) is 3.46. The van der Waals surface area contributed by atoms with Crippen LogP contribution in [0.4, 0.5) is 0 Å². The van der Waals surface area contributed by atoms with Crippen LogP contribution < -0.4 is 11.1 Å². The second kappa shape index (κ2) is 16.5. The highest BCUT2D eigenvalue weighted by molar-refractivity contribution is 5.94. The lowest BCUT2D eigenvalue weighted by molar-refractivity contribution is -0.132. The number of hydrogen-bond donors (Lipinski definition) is 2. The number of piperidine rings is 1. The number of nitrogens with zero attached hydrogens (tertiary/aromatic N) is 3. The standard InChI is InChI=1S/C37H47N5O4/c1-45-22-6-19-39-37(44)30-17-15-29(16-18-30)28-13-11-27(12-14-28)24-32(38)25-35(43)41-20-5-8-31(26-41)36-40-33-9-3-4-10-34(33)42(36)21-7-23-46-2/h3-4,9-18,31-32H,5-8,19-26,38H2,1-2H3,(H,39,44). The van der Waals surface area contributed by atoms with Crippen LogP contribution in [0.3, 0.4) is 0 Å². The molecule has 1 aromatic heterocycles. The van der Waals surface area contributed by atoms with Crippen LogP contribution in [-0.2, 0) is 27.2 Å². The summed E-state index contributed by atoms with van der Waals surface area (Å²) in [6.07, 6.45) is 4.60. The van der Waals surface area contributed by atoms with Gasteiger partial charge < -0.3 is 30.0 Å². The van der Waals surface area contributed by atoms with E-state index in [4.69, 9.17) is 20.2 Å². The Labute approximate surface area is 272 Å². The fourth-order valence-electron chi connectivity index (χ4n) is 6.32. The third-order valence-electron chi connectivity index (χ3n) is 8.73. The number of carbonyl (C=O) groups is 2. The molecule has 0 spiro atoms. The number of methoxy groups -OCH3 is 2. The van der Waals surface area contributed by atoms with Crippen molar-refractivity contribution in [3.63, 3.8) is 0 Å². The Balaban J connectivity index is 1.14. The zero-order valence-corrected chi connectivity index (χ0v) is 27.1. The second-order valence-corrected chi connectivity index (χ2v) is 12.2. The molecule has 9 heteroatoms. The van der Waals surface area contributed by atoms with Crippen LogP contribution in [0.2, 0.25) is 0 Å². The molecular formula is C37H47N5O4. The summed E-state index contributed by atoms with van der Waals surface area (Å²) in [5.41, 5.74) is 12.5. The van der Waals surface area contributed by atoms with Gasteiger partial charge in [-0.05, 0) is 73.1 Å². The number of benzene rings is 3. The van der Waals surface area contributed by atoms with Gasteiger partial charge in [0.2, 0.25) is 5.91 Å². The van der Waals surface area contributed by atoms with Crippen LogP contribution in [0.15, 0.2) is 72.8 Å². The highest BCUT2D eigenvalue weighted by Gasteiger charge is 2.29. The number of aromatic nitrogens is 2. The Morgan fingerprint density at radius 3 is 2.39 bits per heavy atom. The first-order chi connectivity index (χ1) is 22.5. The number of para-hydroxylation sites is 2. The quantitative estimate of drug-likeness (QED) is 0.176. The van der Waals surface area contributed by atoms with E-state index in [-0.39, 0.29) is 23.8 Å². The van der Waals surface area contributed by atoms with Crippen LogP contribution in [-0.4, -0.2) is 79.4 Å². The van der Waals surface area contributed by atoms with E-state index in [1.807, 2.05) is 35.2 Å². The van der Waals surface area contributed by atoms with Crippen LogP contribution in [0.1, 0.15) is 59.8 Å². The van der Waals surface area contributed by atoms with Crippen molar-refractivity contribution in [3.8, 4) is 11.1 Å². The molecule has 2 amide bonds. The van der Waals surface area contributed by atoms with Crippen molar-refractivity contribution in [1.82, 2.24) is 19.8 Å². The molecule has 3 N–H and O–H groups in total. The van der Waals surface area contributed by atoms with Gasteiger partial charge in [-0.1, -0.05) is 48.5 Å². The summed E-state index contributed by atoms with van der Waals surface area (Å²) in [6, 6.07) is 23.9. The van der Waals surface area contributed by atoms with E-state index in [1.165, 1.54) is 0 Å². The van der Waals surface area contributed by atoms with Crippen molar-refractivity contribution in [1.29, 1.82) is 0 Å². The number of aryl methyl sites for hydroxylation is 1. The van der Waals surface area contributed by atoms with Crippen molar-refractivity contribution in [2.45, 2.75) is 57.0 Å². The van der Waals surface area contributed by atoms with E-state index < -0.39 is 0 Å². The monoisotopic (exact) mass is 625 g/mol. The molecule has 4 aromatic rings. The van der Waals surface area contributed by atoms with Crippen LogP contribution in [0.5, 0.6) is 0 Å². The van der Waals surface area contributed by atoms with Gasteiger partial charge in [0.1, 0.15) is 5.82 Å². The second-order valence-electron chi connectivity index (χ2n) is 12.2. The smallest absolute Gasteiger partial charge is 0.251 e. The number of rotatable bonds is 15. The first-order valence-corrected chi connectivity index (χ1v) is 16.4. The van der Waals surface area contributed by atoms with Crippen molar-refractivity contribution in [2.75, 3.05) is 47.1 Å². The topological polar surface area (TPSA) is 112 Å². The van der Waals surface area contributed by atoms with E-state index in [1.54, 1.807) is 14.2 Å². The molecule has 0 saturated carbocycles. The largest absolute Gasteiger partial charge is 0.385 e. The maximum atomic E-state index is 13.4. The Morgan fingerprint density at radius 2 is 1.65 bits per heavy atom. The van der Waals surface area contributed by atoms with Gasteiger partial charge >= 0.3 is 0 Å². The molecule has 2 atom stereocenters. The molecule has 9 nitrogen and oxygen atoms in total. The van der Waals surface area contributed by atoms with Crippen molar-refractivity contribution in [3.05, 3.63) is 89.7 Å². The van der Waals surface area contributed by atoms with Gasteiger partial charge in [0.25, 0.3) is 5.91 Å². The number of fused-ring (bicyclic) bond motifs is 1. The molecule has 3 aromatic carbocycles. The zero-order valence-electron chi connectivity index (χ0n) is 27.1. The molecule has 244 valence electrons. The van der Waals surface area contributed by atoms with Crippen LogP contribution in [0, 0.1) is 0 Å².